The lowest BCUT2D eigenvalue weighted by Gasteiger charge is -2.20. The molecule has 0 saturated carbocycles. The van der Waals surface area contributed by atoms with Gasteiger partial charge in [-0.1, -0.05) is 35.9 Å². The molecule has 0 spiro atoms. The number of carbonyl (C=O) groups excluding carboxylic acids is 2. The maximum absolute atomic E-state index is 13.1. The molecule has 0 saturated heterocycles. The average Bonchev–Trinajstić information content (AvgIpc) is 3.10. The minimum atomic E-state index is -0.311. The summed E-state index contributed by atoms with van der Waals surface area (Å²) in [6.45, 7) is 4.18. The summed E-state index contributed by atoms with van der Waals surface area (Å²) in [4.78, 5) is 31.6. The zero-order valence-electron chi connectivity index (χ0n) is 16.3. The van der Waals surface area contributed by atoms with Gasteiger partial charge in [-0.2, -0.15) is 5.10 Å². The minimum Gasteiger partial charge on any atom is -0.345 e. The molecular formula is C22H23N5O2. The molecule has 4 rings (SSSR count). The molecule has 0 fully saturated rings. The third-order valence-electron chi connectivity index (χ3n) is 4.93. The Balaban J connectivity index is 1.48. The van der Waals surface area contributed by atoms with Gasteiger partial charge in [0.2, 0.25) is 0 Å². The Morgan fingerprint density at radius 2 is 2.03 bits per heavy atom. The Morgan fingerprint density at radius 3 is 2.83 bits per heavy atom. The summed E-state index contributed by atoms with van der Waals surface area (Å²) < 4.78 is 1.65. The molecule has 2 amide bonds. The van der Waals surface area contributed by atoms with Crippen LogP contribution in [0.3, 0.4) is 0 Å². The molecule has 1 N–H and O–H groups in total. The fourth-order valence-electron chi connectivity index (χ4n) is 3.49. The van der Waals surface area contributed by atoms with Crippen LogP contribution in [0.25, 0.3) is 0 Å². The number of hydrogen-bond acceptors (Lipinski definition) is 4. The summed E-state index contributed by atoms with van der Waals surface area (Å²) in [5.74, 6) is -0.408. The predicted molar refractivity (Wildman–Crippen MR) is 108 cm³/mol. The van der Waals surface area contributed by atoms with Gasteiger partial charge < -0.3 is 10.2 Å². The molecule has 2 aromatic heterocycles. The Hall–Kier alpha value is -3.48. The highest BCUT2D eigenvalue weighted by molar-refractivity contribution is 5.98. The van der Waals surface area contributed by atoms with Gasteiger partial charge in [-0.3, -0.25) is 19.3 Å². The molecule has 1 aliphatic heterocycles. The number of carbonyl (C=O) groups is 2. The number of rotatable bonds is 5. The molecule has 29 heavy (non-hydrogen) atoms. The van der Waals surface area contributed by atoms with Crippen molar-refractivity contribution in [2.45, 2.75) is 33.0 Å². The minimum absolute atomic E-state index is 0.0970. The Morgan fingerprint density at radius 1 is 1.14 bits per heavy atom. The van der Waals surface area contributed by atoms with Gasteiger partial charge in [0.15, 0.2) is 5.69 Å². The van der Waals surface area contributed by atoms with Crippen LogP contribution in [-0.4, -0.2) is 38.0 Å². The highest BCUT2D eigenvalue weighted by Gasteiger charge is 2.26. The molecule has 0 bridgehead atoms. The summed E-state index contributed by atoms with van der Waals surface area (Å²) >= 11 is 0. The quantitative estimate of drug-likeness (QED) is 0.727. The Kier molecular flexibility index (Phi) is 5.37. The second kappa shape index (κ2) is 8.26. The van der Waals surface area contributed by atoms with Gasteiger partial charge in [0.25, 0.3) is 11.8 Å². The van der Waals surface area contributed by atoms with Gasteiger partial charge >= 0.3 is 0 Å². The third kappa shape index (κ3) is 4.34. The highest BCUT2D eigenvalue weighted by Crippen LogP contribution is 2.17. The first kappa shape index (κ1) is 18.9. The topological polar surface area (TPSA) is 80.1 Å². The summed E-state index contributed by atoms with van der Waals surface area (Å²) in [5, 5.41) is 7.18. The first-order valence-electron chi connectivity index (χ1n) is 9.71. The summed E-state index contributed by atoms with van der Waals surface area (Å²) in [6.07, 6.45) is 2.48. The SMILES string of the molecule is Cc1cccc(CN2CCCn3nc(C(=O)NCc4ccccn4)cc3C2=O)c1. The molecule has 7 nitrogen and oxygen atoms in total. The van der Waals surface area contributed by atoms with Crippen molar-refractivity contribution >= 4 is 11.8 Å². The van der Waals surface area contributed by atoms with Crippen LogP contribution in [0.2, 0.25) is 0 Å². The van der Waals surface area contributed by atoms with Gasteiger partial charge in [-0.25, -0.2) is 0 Å². The first-order chi connectivity index (χ1) is 14.1. The maximum Gasteiger partial charge on any atom is 0.272 e. The van der Waals surface area contributed by atoms with E-state index in [1.807, 2.05) is 48.2 Å². The van der Waals surface area contributed by atoms with Crippen molar-refractivity contribution in [3.8, 4) is 0 Å². The standard InChI is InChI=1S/C22H23N5O2/c1-16-6-4-7-17(12-16)15-26-10-5-11-27-20(22(26)29)13-19(25-27)21(28)24-14-18-8-2-3-9-23-18/h2-4,6-9,12-13H,5,10-11,14-15H2,1H3,(H,24,28). The van der Waals surface area contributed by atoms with Crippen molar-refractivity contribution in [2.24, 2.45) is 0 Å². The van der Waals surface area contributed by atoms with E-state index < -0.39 is 0 Å². The van der Waals surface area contributed by atoms with Crippen LogP contribution in [0.15, 0.2) is 54.7 Å². The van der Waals surface area contributed by atoms with Gasteiger partial charge in [0.1, 0.15) is 5.69 Å². The normalized spacial score (nSPS) is 13.7. The van der Waals surface area contributed by atoms with Gasteiger partial charge in [-0.05, 0) is 31.0 Å². The average molecular weight is 389 g/mol. The van der Waals surface area contributed by atoms with Crippen LogP contribution in [0.5, 0.6) is 0 Å². The number of nitrogens with one attached hydrogen (secondary N) is 1. The number of benzene rings is 1. The van der Waals surface area contributed by atoms with E-state index in [1.165, 1.54) is 5.56 Å². The summed E-state index contributed by atoms with van der Waals surface area (Å²) in [5.41, 5.74) is 3.74. The molecule has 0 radical (unpaired) electrons. The van der Waals surface area contributed by atoms with Gasteiger partial charge in [-0.15, -0.1) is 0 Å². The summed E-state index contributed by atoms with van der Waals surface area (Å²) in [7, 11) is 0. The fraction of sp³-hybridized carbons (Fsp3) is 0.273. The maximum atomic E-state index is 13.1. The number of nitrogens with zero attached hydrogens (tertiary/aromatic N) is 4. The first-order valence-corrected chi connectivity index (χ1v) is 9.71. The molecule has 0 atom stereocenters. The van der Waals surface area contributed by atoms with Crippen molar-refractivity contribution in [2.75, 3.05) is 6.54 Å². The largest absolute Gasteiger partial charge is 0.345 e. The fourth-order valence-corrected chi connectivity index (χ4v) is 3.49. The highest BCUT2D eigenvalue weighted by atomic mass is 16.2. The van der Waals surface area contributed by atoms with Crippen molar-refractivity contribution in [3.63, 3.8) is 0 Å². The van der Waals surface area contributed by atoms with Gasteiger partial charge in [0, 0.05) is 31.9 Å². The number of fused-ring (bicyclic) bond motifs is 1. The molecule has 3 heterocycles. The molecule has 0 aliphatic carbocycles. The lowest BCUT2D eigenvalue weighted by molar-refractivity contribution is 0.0745. The molecule has 3 aromatic rings. The monoisotopic (exact) mass is 389 g/mol. The smallest absolute Gasteiger partial charge is 0.272 e. The molecule has 0 unspecified atom stereocenters. The van der Waals surface area contributed by atoms with Crippen LogP contribution in [0, 0.1) is 6.92 Å². The second-order valence-electron chi connectivity index (χ2n) is 7.21. The van der Waals surface area contributed by atoms with Gasteiger partial charge in [0.05, 0.1) is 12.2 Å². The molecule has 148 valence electrons. The lowest BCUT2D eigenvalue weighted by atomic mass is 10.1. The number of aryl methyl sites for hydroxylation is 2. The van der Waals surface area contributed by atoms with E-state index in [0.29, 0.717) is 31.9 Å². The van der Waals surface area contributed by atoms with E-state index in [9.17, 15) is 9.59 Å². The van der Waals surface area contributed by atoms with E-state index >= 15 is 0 Å². The zero-order chi connectivity index (χ0) is 20.2. The number of pyridine rings is 1. The predicted octanol–water partition coefficient (Wildman–Crippen LogP) is 2.56. The molecular weight excluding hydrogens is 366 g/mol. The van der Waals surface area contributed by atoms with Crippen molar-refractivity contribution in [1.29, 1.82) is 0 Å². The van der Waals surface area contributed by atoms with Crippen LogP contribution in [-0.2, 0) is 19.6 Å². The molecule has 1 aromatic carbocycles. The van der Waals surface area contributed by atoms with E-state index in [-0.39, 0.29) is 17.5 Å². The van der Waals surface area contributed by atoms with Crippen LogP contribution in [0.1, 0.15) is 44.2 Å². The van der Waals surface area contributed by atoms with Crippen molar-refractivity contribution in [3.05, 3.63) is 82.9 Å². The Bertz CT molecular complexity index is 1030. The van der Waals surface area contributed by atoms with E-state index in [0.717, 1.165) is 17.7 Å². The van der Waals surface area contributed by atoms with E-state index in [2.05, 4.69) is 21.5 Å². The third-order valence-corrected chi connectivity index (χ3v) is 4.93. The van der Waals surface area contributed by atoms with E-state index in [1.54, 1.807) is 16.9 Å². The van der Waals surface area contributed by atoms with Crippen molar-refractivity contribution in [1.82, 2.24) is 25.0 Å². The van der Waals surface area contributed by atoms with Crippen LogP contribution < -0.4 is 5.32 Å². The van der Waals surface area contributed by atoms with Crippen molar-refractivity contribution < 1.29 is 9.59 Å². The zero-order valence-corrected chi connectivity index (χ0v) is 16.3. The Labute approximate surface area is 169 Å². The number of hydrogen-bond donors (Lipinski definition) is 1. The second-order valence-corrected chi connectivity index (χ2v) is 7.21. The lowest BCUT2D eigenvalue weighted by Crippen LogP contribution is -2.30. The molecule has 7 heteroatoms. The molecule has 1 aliphatic rings. The van der Waals surface area contributed by atoms with E-state index in [4.69, 9.17) is 0 Å². The van der Waals surface area contributed by atoms with Crippen LogP contribution in [0.4, 0.5) is 0 Å². The number of amides is 2. The van der Waals surface area contributed by atoms with Crippen LogP contribution >= 0.6 is 0 Å². The number of aromatic nitrogens is 3. The summed E-state index contributed by atoms with van der Waals surface area (Å²) in [6, 6.07) is 15.3.